The van der Waals surface area contributed by atoms with Gasteiger partial charge in [-0.1, -0.05) is 0 Å². The van der Waals surface area contributed by atoms with Gasteiger partial charge in [0.1, 0.15) is 17.0 Å². The van der Waals surface area contributed by atoms with E-state index in [2.05, 4.69) is 25.3 Å². The van der Waals surface area contributed by atoms with Crippen molar-refractivity contribution in [1.82, 2.24) is 25.3 Å². The van der Waals surface area contributed by atoms with Crippen molar-refractivity contribution in [1.29, 1.82) is 0 Å². The molecule has 1 amide bonds. The average Bonchev–Trinajstić information content (AvgIpc) is 2.46. The molecule has 116 valence electrons. The average molecular weight is 301 g/mol. The summed E-state index contributed by atoms with van der Waals surface area (Å²) in [4.78, 5) is 28.7. The van der Waals surface area contributed by atoms with Crippen molar-refractivity contribution < 1.29 is 9.53 Å². The van der Waals surface area contributed by atoms with Crippen molar-refractivity contribution in [3.8, 4) is 11.4 Å². The summed E-state index contributed by atoms with van der Waals surface area (Å²) < 4.78 is 5.25. The number of hydrogen-bond donors (Lipinski definition) is 1. The van der Waals surface area contributed by atoms with Gasteiger partial charge < -0.3 is 10.1 Å². The molecule has 7 nitrogen and oxygen atoms in total. The standard InChI is InChI=1S/C15H19N5O2/c1-10(20-14(21)22-15(2,3)4)12-13(19-8-7-18-12)11-9-16-5-6-17-11/h5-10H,1-4H3,(H,20,21)/t10-/m0/s1. The van der Waals surface area contributed by atoms with Gasteiger partial charge in [0, 0.05) is 24.8 Å². The number of aromatic nitrogens is 4. The minimum atomic E-state index is -0.556. The first-order chi connectivity index (χ1) is 10.4. The summed E-state index contributed by atoms with van der Waals surface area (Å²) in [6, 6.07) is -0.374. The van der Waals surface area contributed by atoms with E-state index in [1.807, 2.05) is 27.7 Å². The number of nitrogens with zero attached hydrogens (tertiary/aromatic N) is 4. The predicted molar refractivity (Wildman–Crippen MR) is 80.8 cm³/mol. The van der Waals surface area contributed by atoms with E-state index in [-0.39, 0.29) is 6.04 Å². The van der Waals surface area contributed by atoms with Crippen molar-refractivity contribution >= 4 is 6.09 Å². The first-order valence-electron chi connectivity index (χ1n) is 6.93. The maximum absolute atomic E-state index is 11.9. The Bertz CT molecular complexity index is 640. The Hall–Kier alpha value is -2.57. The first kappa shape index (κ1) is 15.8. The quantitative estimate of drug-likeness (QED) is 0.937. The third-order valence-corrected chi connectivity index (χ3v) is 2.68. The van der Waals surface area contributed by atoms with Gasteiger partial charge in [-0.25, -0.2) is 4.79 Å². The maximum atomic E-state index is 11.9. The molecule has 0 unspecified atom stereocenters. The molecule has 0 radical (unpaired) electrons. The summed E-state index contributed by atoms with van der Waals surface area (Å²) >= 11 is 0. The van der Waals surface area contributed by atoms with Crippen LogP contribution in [0, 0.1) is 0 Å². The molecule has 2 aromatic rings. The topological polar surface area (TPSA) is 89.9 Å². The highest BCUT2D eigenvalue weighted by molar-refractivity contribution is 5.69. The van der Waals surface area contributed by atoms with E-state index in [4.69, 9.17) is 4.74 Å². The molecule has 22 heavy (non-hydrogen) atoms. The lowest BCUT2D eigenvalue weighted by Gasteiger charge is -2.22. The van der Waals surface area contributed by atoms with Gasteiger partial charge in [0.2, 0.25) is 0 Å². The molecular weight excluding hydrogens is 282 g/mol. The summed E-state index contributed by atoms with van der Waals surface area (Å²) in [5.41, 5.74) is 1.23. The molecule has 2 heterocycles. The summed E-state index contributed by atoms with van der Waals surface area (Å²) in [7, 11) is 0. The molecule has 0 aliphatic carbocycles. The van der Waals surface area contributed by atoms with Gasteiger partial charge in [-0.05, 0) is 27.7 Å². The van der Waals surface area contributed by atoms with Crippen LogP contribution in [0.4, 0.5) is 4.79 Å². The Balaban J connectivity index is 2.21. The van der Waals surface area contributed by atoms with Gasteiger partial charge in [0.05, 0.1) is 17.9 Å². The second kappa shape index (κ2) is 6.46. The molecule has 0 aliphatic rings. The highest BCUT2D eigenvalue weighted by atomic mass is 16.6. The smallest absolute Gasteiger partial charge is 0.408 e. The minimum absolute atomic E-state index is 0.374. The third kappa shape index (κ3) is 4.21. The predicted octanol–water partition coefficient (Wildman–Crippen LogP) is 2.52. The van der Waals surface area contributed by atoms with Crippen LogP contribution in [-0.2, 0) is 4.74 Å². The third-order valence-electron chi connectivity index (χ3n) is 2.68. The van der Waals surface area contributed by atoms with Crippen molar-refractivity contribution in [2.75, 3.05) is 0 Å². The fourth-order valence-corrected chi connectivity index (χ4v) is 1.84. The number of nitrogens with one attached hydrogen (secondary N) is 1. The largest absolute Gasteiger partial charge is 0.444 e. The number of carbonyl (C=O) groups is 1. The van der Waals surface area contributed by atoms with Crippen LogP contribution in [-0.4, -0.2) is 31.6 Å². The molecular formula is C15H19N5O2. The Morgan fingerprint density at radius 1 is 1.14 bits per heavy atom. The van der Waals surface area contributed by atoms with E-state index in [1.165, 1.54) is 0 Å². The molecule has 0 aromatic carbocycles. The molecule has 0 fully saturated rings. The Labute approximate surface area is 129 Å². The molecule has 0 spiro atoms. The molecule has 1 N–H and O–H groups in total. The monoisotopic (exact) mass is 301 g/mol. The number of ether oxygens (including phenoxy) is 1. The van der Waals surface area contributed by atoms with Crippen LogP contribution in [0.3, 0.4) is 0 Å². The van der Waals surface area contributed by atoms with E-state index in [9.17, 15) is 4.79 Å². The number of alkyl carbamates (subject to hydrolysis) is 1. The van der Waals surface area contributed by atoms with Gasteiger partial charge in [0.15, 0.2) is 0 Å². The lowest BCUT2D eigenvalue weighted by Crippen LogP contribution is -2.34. The summed E-state index contributed by atoms with van der Waals surface area (Å²) in [5, 5.41) is 2.75. The van der Waals surface area contributed by atoms with E-state index in [0.29, 0.717) is 17.1 Å². The molecule has 0 saturated heterocycles. The zero-order chi connectivity index (χ0) is 16.2. The van der Waals surface area contributed by atoms with Crippen molar-refractivity contribution in [2.24, 2.45) is 0 Å². The number of carbonyl (C=O) groups excluding carboxylic acids is 1. The summed E-state index contributed by atoms with van der Waals surface area (Å²) in [5.74, 6) is 0. The van der Waals surface area contributed by atoms with Crippen LogP contribution in [0.25, 0.3) is 11.4 Å². The lowest BCUT2D eigenvalue weighted by atomic mass is 10.1. The number of amides is 1. The van der Waals surface area contributed by atoms with Crippen LogP contribution in [0.2, 0.25) is 0 Å². The zero-order valence-electron chi connectivity index (χ0n) is 13.1. The van der Waals surface area contributed by atoms with Crippen molar-refractivity contribution in [3.05, 3.63) is 36.7 Å². The van der Waals surface area contributed by atoms with Crippen LogP contribution in [0.15, 0.2) is 31.0 Å². The van der Waals surface area contributed by atoms with Crippen molar-refractivity contribution in [3.63, 3.8) is 0 Å². The van der Waals surface area contributed by atoms with Gasteiger partial charge in [-0.2, -0.15) is 0 Å². The van der Waals surface area contributed by atoms with Crippen LogP contribution in [0.5, 0.6) is 0 Å². The summed E-state index contributed by atoms with van der Waals surface area (Å²) in [6.45, 7) is 7.24. The maximum Gasteiger partial charge on any atom is 0.408 e. The Kier molecular flexibility index (Phi) is 4.65. The SMILES string of the molecule is C[C@H](NC(=O)OC(C)(C)C)c1nccnc1-c1cnccn1. The highest BCUT2D eigenvalue weighted by Gasteiger charge is 2.21. The number of hydrogen-bond acceptors (Lipinski definition) is 6. The summed E-state index contributed by atoms with van der Waals surface area (Å²) in [6.07, 6.45) is 7.42. The van der Waals surface area contributed by atoms with E-state index >= 15 is 0 Å². The fraction of sp³-hybridized carbons (Fsp3) is 0.400. The molecule has 0 aliphatic heterocycles. The second-order valence-corrected chi connectivity index (χ2v) is 5.75. The van der Waals surface area contributed by atoms with E-state index < -0.39 is 11.7 Å². The van der Waals surface area contributed by atoms with Crippen LogP contribution < -0.4 is 5.32 Å². The fourth-order valence-electron chi connectivity index (χ4n) is 1.84. The van der Waals surface area contributed by atoms with Gasteiger partial charge >= 0.3 is 6.09 Å². The van der Waals surface area contributed by atoms with Gasteiger partial charge in [0.25, 0.3) is 0 Å². The molecule has 1 atom stereocenters. The van der Waals surface area contributed by atoms with E-state index in [1.54, 1.807) is 31.0 Å². The Morgan fingerprint density at radius 2 is 1.82 bits per heavy atom. The zero-order valence-corrected chi connectivity index (χ0v) is 13.1. The van der Waals surface area contributed by atoms with Crippen molar-refractivity contribution in [2.45, 2.75) is 39.3 Å². The van der Waals surface area contributed by atoms with Crippen LogP contribution in [0.1, 0.15) is 39.4 Å². The lowest BCUT2D eigenvalue weighted by molar-refractivity contribution is 0.0507. The van der Waals surface area contributed by atoms with Crippen LogP contribution >= 0.6 is 0 Å². The number of rotatable bonds is 3. The minimum Gasteiger partial charge on any atom is -0.444 e. The second-order valence-electron chi connectivity index (χ2n) is 5.75. The van der Waals surface area contributed by atoms with E-state index in [0.717, 1.165) is 0 Å². The van der Waals surface area contributed by atoms with Gasteiger partial charge in [-0.3, -0.25) is 19.9 Å². The highest BCUT2D eigenvalue weighted by Crippen LogP contribution is 2.22. The Morgan fingerprint density at radius 3 is 2.45 bits per heavy atom. The van der Waals surface area contributed by atoms with Gasteiger partial charge in [-0.15, -0.1) is 0 Å². The molecule has 0 saturated carbocycles. The molecule has 2 aromatic heterocycles. The molecule has 2 rings (SSSR count). The molecule has 7 heteroatoms. The first-order valence-corrected chi connectivity index (χ1v) is 6.93. The normalized spacial score (nSPS) is 12.5. The molecule has 0 bridgehead atoms.